The highest BCUT2D eigenvalue weighted by Crippen LogP contribution is 1.99. The fourth-order valence-electron chi connectivity index (χ4n) is 1.15. The minimum absolute atomic E-state index is 0.0156. The second-order valence-corrected chi connectivity index (χ2v) is 6.36. The fraction of sp³-hybridized carbons (Fsp3) is 0.556. The summed E-state index contributed by atoms with van der Waals surface area (Å²) < 4.78 is 23.4. The van der Waals surface area contributed by atoms with Crippen LogP contribution in [0.5, 0.6) is 0 Å². The number of nitrogens with one attached hydrogen (secondary N) is 1. The highest BCUT2D eigenvalue weighted by molar-refractivity contribution is 7.92. The number of carboxylic acid groups (broad SMARTS) is 1. The molecule has 0 saturated carbocycles. The summed E-state index contributed by atoms with van der Waals surface area (Å²) in [5.41, 5.74) is 0.343. The van der Waals surface area contributed by atoms with Gasteiger partial charge in [-0.25, -0.2) is 13.1 Å². The SMILES string of the molecule is CC(C(=O)NCc1cn(CC(=O)O)nn1)S(C)(=O)=O. The zero-order valence-corrected chi connectivity index (χ0v) is 11.2. The lowest BCUT2D eigenvalue weighted by Gasteiger charge is -2.08. The van der Waals surface area contributed by atoms with E-state index in [-0.39, 0.29) is 13.1 Å². The summed E-state index contributed by atoms with van der Waals surface area (Å²) >= 11 is 0. The number of aliphatic carboxylic acids is 1. The molecule has 0 spiro atoms. The van der Waals surface area contributed by atoms with Gasteiger partial charge >= 0.3 is 5.97 Å². The standard InChI is InChI=1S/C9H14N4O5S/c1-6(19(2,17)18)9(16)10-3-7-4-13(12-11-7)5-8(14)15/h4,6H,3,5H2,1-2H3,(H,10,16)(H,14,15). The summed E-state index contributed by atoms with van der Waals surface area (Å²) in [6.07, 6.45) is 2.33. The lowest BCUT2D eigenvalue weighted by atomic mass is 10.4. The highest BCUT2D eigenvalue weighted by atomic mass is 32.2. The van der Waals surface area contributed by atoms with Crippen LogP contribution in [0.3, 0.4) is 0 Å². The Morgan fingerprint density at radius 3 is 2.68 bits per heavy atom. The lowest BCUT2D eigenvalue weighted by molar-refractivity contribution is -0.138. The molecule has 0 bridgehead atoms. The quantitative estimate of drug-likeness (QED) is 0.645. The van der Waals surface area contributed by atoms with Gasteiger partial charge in [-0.1, -0.05) is 5.21 Å². The van der Waals surface area contributed by atoms with E-state index in [1.165, 1.54) is 13.1 Å². The normalized spacial score (nSPS) is 12.9. The minimum atomic E-state index is -3.45. The Balaban J connectivity index is 2.55. The van der Waals surface area contributed by atoms with Crippen molar-refractivity contribution in [3.05, 3.63) is 11.9 Å². The Hall–Kier alpha value is -1.97. The molecule has 0 saturated heterocycles. The van der Waals surface area contributed by atoms with Crippen molar-refractivity contribution in [3.8, 4) is 0 Å². The number of carboxylic acids is 1. The van der Waals surface area contributed by atoms with Crippen LogP contribution in [0.15, 0.2) is 6.20 Å². The van der Waals surface area contributed by atoms with Gasteiger partial charge in [0.1, 0.15) is 17.5 Å². The monoisotopic (exact) mass is 290 g/mol. The Morgan fingerprint density at radius 1 is 1.53 bits per heavy atom. The zero-order chi connectivity index (χ0) is 14.6. The maximum Gasteiger partial charge on any atom is 0.325 e. The maximum absolute atomic E-state index is 11.5. The van der Waals surface area contributed by atoms with Crippen molar-refractivity contribution in [1.29, 1.82) is 0 Å². The zero-order valence-electron chi connectivity index (χ0n) is 10.4. The largest absolute Gasteiger partial charge is 0.480 e. The van der Waals surface area contributed by atoms with E-state index in [0.717, 1.165) is 10.9 Å². The molecule has 1 rings (SSSR count). The molecule has 1 heterocycles. The first-order chi connectivity index (χ1) is 8.70. The summed E-state index contributed by atoms with van der Waals surface area (Å²) in [6.45, 7) is 0.935. The Kier molecular flexibility index (Phi) is 4.59. The first-order valence-electron chi connectivity index (χ1n) is 5.27. The van der Waals surface area contributed by atoms with Gasteiger partial charge in [0.25, 0.3) is 0 Å². The van der Waals surface area contributed by atoms with Crippen molar-refractivity contribution in [2.75, 3.05) is 6.26 Å². The predicted octanol–water partition coefficient (Wildman–Crippen LogP) is -1.59. The Labute approximate surface area is 109 Å². The summed E-state index contributed by atoms with van der Waals surface area (Å²) in [5.74, 6) is -1.71. The number of sulfone groups is 1. The van der Waals surface area contributed by atoms with Crippen molar-refractivity contribution in [2.45, 2.75) is 25.3 Å². The fourth-order valence-corrected chi connectivity index (χ4v) is 1.62. The molecule has 9 nitrogen and oxygen atoms in total. The van der Waals surface area contributed by atoms with Crippen LogP contribution >= 0.6 is 0 Å². The van der Waals surface area contributed by atoms with Crippen molar-refractivity contribution >= 4 is 21.7 Å². The molecule has 1 unspecified atom stereocenters. The molecule has 0 aliphatic carbocycles. The summed E-state index contributed by atoms with van der Waals surface area (Å²) in [6, 6.07) is 0. The molecular weight excluding hydrogens is 276 g/mol. The van der Waals surface area contributed by atoms with Gasteiger partial charge in [-0.05, 0) is 6.92 Å². The number of hydrogen-bond donors (Lipinski definition) is 2. The van der Waals surface area contributed by atoms with Crippen LogP contribution in [0, 0.1) is 0 Å². The van der Waals surface area contributed by atoms with Crippen LogP contribution in [-0.4, -0.2) is 51.9 Å². The van der Waals surface area contributed by atoms with Gasteiger partial charge in [-0.15, -0.1) is 5.10 Å². The van der Waals surface area contributed by atoms with Crippen molar-refractivity contribution in [1.82, 2.24) is 20.3 Å². The van der Waals surface area contributed by atoms with Gasteiger partial charge in [0.15, 0.2) is 9.84 Å². The molecule has 2 N–H and O–H groups in total. The topological polar surface area (TPSA) is 131 Å². The van der Waals surface area contributed by atoms with E-state index >= 15 is 0 Å². The van der Waals surface area contributed by atoms with Crippen LogP contribution in [0.1, 0.15) is 12.6 Å². The molecule has 10 heteroatoms. The number of carbonyl (C=O) groups excluding carboxylic acids is 1. The predicted molar refractivity (Wildman–Crippen MR) is 63.8 cm³/mol. The van der Waals surface area contributed by atoms with Crippen molar-refractivity contribution < 1.29 is 23.1 Å². The van der Waals surface area contributed by atoms with Crippen LogP contribution < -0.4 is 5.32 Å². The molecule has 0 radical (unpaired) electrons. The third-order valence-electron chi connectivity index (χ3n) is 2.34. The molecule has 106 valence electrons. The highest BCUT2D eigenvalue weighted by Gasteiger charge is 2.23. The summed E-state index contributed by atoms with van der Waals surface area (Å²) in [4.78, 5) is 21.9. The Morgan fingerprint density at radius 2 is 2.16 bits per heavy atom. The number of rotatable bonds is 6. The molecule has 1 aromatic rings. The van der Waals surface area contributed by atoms with Crippen LogP contribution in [-0.2, 0) is 32.5 Å². The number of amides is 1. The molecule has 0 aromatic carbocycles. The molecule has 1 amide bonds. The number of nitrogens with zero attached hydrogens (tertiary/aromatic N) is 3. The number of hydrogen-bond acceptors (Lipinski definition) is 6. The maximum atomic E-state index is 11.5. The van der Waals surface area contributed by atoms with E-state index in [1.807, 2.05) is 0 Å². The molecular formula is C9H14N4O5S. The molecule has 19 heavy (non-hydrogen) atoms. The van der Waals surface area contributed by atoms with Crippen molar-refractivity contribution in [2.24, 2.45) is 0 Å². The first kappa shape index (κ1) is 15.1. The van der Waals surface area contributed by atoms with E-state index in [4.69, 9.17) is 5.11 Å². The first-order valence-corrected chi connectivity index (χ1v) is 7.23. The van der Waals surface area contributed by atoms with E-state index < -0.39 is 27.0 Å². The lowest BCUT2D eigenvalue weighted by Crippen LogP contribution is -2.37. The van der Waals surface area contributed by atoms with E-state index in [0.29, 0.717) is 5.69 Å². The van der Waals surface area contributed by atoms with Crippen LogP contribution in [0.2, 0.25) is 0 Å². The van der Waals surface area contributed by atoms with Gasteiger partial charge in [0.2, 0.25) is 5.91 Å². The summed E-state index contributed by atoms with van der Waals surface area (Å²) in [7, 11) is -3.45. The van der Waals surface area contributed by atoms with Crippen LogP contribution in [0.4, 0.5) is 0 Å². The van der Waals surface area contributed by atoms with E-state index in [2.05, 4.69) is 15.6 Å². The molecule has 0 aliphatic rings. The molecule has 1 atom stereocenters. The molecule has 1 aromatic heterocycles. The third kappa shape index (κ3) is 4.66. The second-order valence-electron chi connectivity index (χ2n) is 3.99. The summed E-state index contributed by atoms with van der Waals surface area (Å²) in [5, 5.41) is 17.0. The smallest absolute Gasteiger partial charge is 0.325 e. The molecule has 0 fully saturated rings. The van der Waals surface area contributed by atoms with Gasteiger partial charge < -0.3 is 10.4 Å². The van der Waals surface area contributed by atoms with E-state index in [9.17, 15) is 18.0 Å². The minimum Gasteiger partial charge on any atom is -0.480 e. The number of aromatic nitrogens is 3. The third-order valence-corrected chi connectivity index (χ3v) is 3.84. The van der Waals surface area contributed by atoms with Gasteiger partial charge in [-0.2, -0.15) is 0 Å². The van der Waals surface area contributed by atoms with Gasteiger partial charge in [0, 0.05) is 6.26 Å². The van der Waals surface area contributed by atoms with Crippen LogP contribution in [0.25, 0.3) is 0 Å². The number of carbonyl (C=O) groups is 2. The van der Waals surface area contributed by atoms with Gasteiger partial charge in [-0.3, -0.25) is 9.59 Å². The van der Waals surface area contributed by atoms with Crippen molar-refractivity contribution in [3.63, 3.8) is 0 Å². The average molecular weight is 290 g/mol. The van der Waals surface area contributed by atoms with E-state index in [1.54, 1.807) is 0 Å². The Bertz CT molecular complexity index is 579. The average Bonchev–Trinajstić information content (AvgIpc) is 2.70. The second kappa shape index (κ2) is 5.78. The van der Waals surface area contributed by atoms with Gasteiger partial charge in [0.05, 0.1) is 12.7 Å². The molecule has 0 aliphatic heterocycles.